The zero-order valence-electron chi connectivity index (χ0n) is 15.8. The van der Waals surface area contributed by atoms with E-state index in [0.29, 0.717) is 24.5 Å². The number of carbonyl (C=O) groups is 2. The molecule has 0 radical (unpaired) electrons. The lowest BCUT2D eigenvalue weighted by Gasteiger charge is -2.36. The summed E-state index contributed by atoms with van der Waals surface area (Å²) in [5, 5.41) is 1.10. The number of nitrogens with zero attached hydrogens (tertiary/aromatic N) is 2. The minimum absolute atomic E-state index is 0.126. The van der Waals surface area contributed by atoms with Gasteiger partial charge in [0.25, 0.3) is 5.91 Å². The van der Waals surface area contributed by atoms with Gasteiger partial charge in [-0.15, -0.1) is 0 Å². The molecule has 2 atom stereocenters. The fraction of sp³-hybridized carbons (Fsp3) is 0.273. The van der Waals surface area contributed by atoms with Crippen LogP contribution in [0.3, 0.4) is 0 Å². The first kappa shape index (κ1) is 16.5. The summed E-state index contributed by atoms with van der Waals surface area (Å²) in [4.78, 5) is 32.8. The van der Waals surface area contributed by atoms with Gasteiger partial charge in [0.15, 0.2) is 11.5 Å². The summed E-state index contributed by atoms with van der Waals surface area (Å²) >= 11 is 0. The molecule has 2 aromatic carbocycles. The summed E-state index contributed by atoms with van der Waals surface area (Å²) in [6.45, 7) is 2.39. The third kappa shape index (κ3) is 2.12. The number of benzene rings is 2. The number of rotatable bonds is 2. The molecule has 4 heterocycles. The van der Waals surface area contributed by atoms with E-state index in [1.165, 1.54) is 4.90 Å². The molecule has 3 aliphatic rings. The van der Waals surface area contributed by atoms with Gasteiger partial charge in [0.2, 0.25) is 6.79 Å². The molecule has 6 rings (SSSR count). The molecule has 7 nitrogen and oxygen atoms in total. The third-order valence-electron chi connectivity index (χ3n) is 6.16. The number of H-pyrrole nitrogens is 1. The number of nitrogens with one attached hydrogen (secondary N) is 1. The first-order valence-electron chi connectivity index (χ1n) is 9.80. The molecule has 7 heteroatoms. The standard InChI is InChI=1S/C22H19N3O4/c1-2-24-21(26)16-10-14-13-5-3-4-6-15(13)23-19(14)20(25(16)22(24)27)12-7-8-17-18(9-12)29-11-28-17/h3-9,16,20,23H,2,10-11H2,1H3. The average Bonchev–Trinajstić information content (AvgIpc) is 3.41. The van der Waals surface area contributed by atoms with E-state index in [4.69, 9.17) is 9.47 Å². The lowest BCUT2D eigenvalue weighted by Crippen LogP contribution is -2.44. The van der Waals surface area contributed by atoms with E-state index in [1.54, 1.807) is 4.90 Å². The number of para-hydroxylation sites is 1. The van der Waals surface area contributed by atoms with E-state index < -0.39 is 12.1 Å². The number of hydrogen-bond acceptors (Lipinski definition) is 4. The zero-order valence-corrected chi connectivity index (χ0v) is 15.8. The molecule has 29 heavy (non-hydrogen) atoms. The summed E-state index contributed by atoms with van der Waals surface area (Å²) in [6.07, 6.45) is 0.515. The molecule has 1 aromatic heterocycles. The Labute approximate surface area is 166 Å². The molecule has 0 aliphatic carbocycles. The maximum atomic E-state index is 13.2. The summed E-state index contributed by atoms with van der Waals surface area (Å²) in [5.74, 6) is 1.23. The molecule has 1 N–H and O–H groups in total. The Hall–Kier alpha value is -3.48. The maximum Gasteiger partial charge on any atom is 0.328 e. The molecule has 1 fully saturated rings. The Morgan fingerprint density at radius 1 is 1.10 bits per heavy atom. The Kier molecular flexibility index (Phi) is 3.27. The van der Waals surface area contributed by atoms with Crippen LogP contribution in [0, 0.1) is 0 Å². The number of fused-ring (bicyclic) bond motifs is 5. The van der Waals surface area contributed by atoms with Gasteiger partial charge in [0.05, 0.1) is 0 Å². The van der Waals surface area contributed by atoms with Gasteiger partial charge in [-0.1, -0.05) is 24.3 Å². The van der Waals surface area contributed by atoms with Crippen molar-refractivity contribution in [2.24, 2.45) is 0 Å². The number of carbonyl (C=O) groups excluding carboxylic acids is 2. The maximum absolute atomic E-state index is 13.2. The lowest BCUT2D eigenvalue weighted by molar-refractivity contribution is -0.128. The van der Waals surface area contributed by atoms with Crippen molar-refractivity contribution in [3.05, 3.63) is 59.3 Å². The van der Waals surface area contributed by atoms with Crippen LogP contribution < -0.4 is 9.47 Å². The van der Waals surface area contributed by atoms with Crippen LogP contribution >= 0.6 is 0 Å². The fourth-order valence-electron chi connectivity index (χ4n) is 4.85. The second kappa shape index (κ2) is 5.76. The number of likely N-dealkylation sites (N-methyl/N-ethyl adjacent to an activating group) is 1. The van der Waals surface area contributed by atoms with Crippen LogP contribution in [-0.2, 0) is 11.2 Å². The van der Waals surface area contributed by atoms with Crippen LogP contribution in [0.25, 0.3) is 10.9 Å². The first-order chi connectivity index (χ1) is 14.2. The highest BCUT2D eigenvalue weighted by Gasteiger charge is 2.52. The summed E-state index contributed by atoms with van der Waals surface area (Å²) in [5.41, 5.74) is 3.96. The van der Waals surface area contributed by atoms with E-state index in [2.05, 4.69) is 11.1 Å². The number of ether oxygens (including phenoxy) is 2. The van der Waals surface area contributed by atoms with Crippen LogP contribution in [0.2, 0.25) is 0 Å². The van der Waals surface area contributed by atoms with Crippen molar-refractivity contribution in [2.45, 2.75) is 25.4 Å². The van der Waals surface area contributed by atoms with Crippen LogP contribution in [0.1, 0.15) is 29.8 Å². The SMILES string of the molecule is CCN1C(=O)C2Cc3c([nH]c4ccccc34)C(c3ccc4c(c3)OCO4)N2C1=O. The van der Waals surface area contributed by atoms with E-state index in [9.17, 15) is 9.59 Å². The molecule has 2 unspecified atom stereocenters. The van der Waals surface area contributed by atoms with E-state index in [-0.39, 0.29) is 18.7 Å². The number of amides is 3. The first-order valence-corrected chi connectivity index (χ1v) is 9.80. The topological polar surface area (TPSA) is 74.9 Å². The Bertz CT molecular complexity index is 1180. The van der Waals surface area contributed by atoms with Gasteiger partial charge >= 0.3 is 6.03 Å². The van der Waals surface area contributed by atoms with Gasteiger partial charge in [0, 0.05) is 29.6 Å². The highest BCUT2D eigenvalue weighted by atomic mass is 16.7. The summed E-state index contributed by atoms with van der Waals surface area (Å²) < 4.78 is 11.0. The Balaban J connectivity index is 1.59. The molecule has 0 saturated carbocycles. The average molecular weight is 389 g/mol. The molecule has 146 valence electrons. The highest BCUT2D eigenvalue weighted by Crippen LogP contribution is 2.45. The Morgan fingerprint density at radius 3 is 2.79 bits per heavy atom. The Morgan fingerprint density at radius 2 is 1.93 bits per heavy atom. The van der Waals surface area contributed by atoms with E-state index in [0.717, 1.165) is 27.7 Å². The smallest absolute Gasteiger partial charge is 0.328 e. The van der Waals surface area contributed by atoms with Crippen molar-refractivity contribution in [1.29, 1.82) is 0 Å². The molecule has 3 aliphatic heterocycles. The van der Waals surface area contributed by atoms with Gasteiger partial charge in [-0.3, -0.25) is 14.6 Å². The summed E-state index contributed by atoms with van der Waals surface area (Å²) in [7, 11) is 0. The third-order valence-corrected chi connectivity index (χ3v) is 6.16. The minimum atomic E-state index is -0.496. The molecule has 3 amide bonds. The van der Waals surface area contributed by atoms with Crippen LogP contribution in [-0.4, -0.2) is 46.1 Å². The molecule has 1 saturated heterocycles. The predicted octanol–water partition coefficient (Wildman–Crippen LogP) is 3.19. The second-order valence-electron chi connectivity index (χ2n) is 7.57. The van der Waals surface area contributed by atoms with Crippen molar-refractivity contribution in [2.75, 3.05) is 13.3 Å². The quantitative estimate of drug-likeness (QED) is 0.683. The highest BCUT2D eigenvalue weighted by molar-refractivity contribution is 6.05. The van der Waals surface area contributed by atoms with Crippen molar-refractivity contribution in [3.8, 4) is 11.5 Å². The van der Waals surface area contributed by atoms with Crippen molar-refractivity contribution >= 4 is 22.8 Å². The van der Waals surface area contributed by atoms with Gasteiger partial charge in [-0.05, 0) is 36.2 Å². The number of hydrogen-bond donors (Lipinski definition) is 1. The molecular formula is C22H19N3O4. The monoisotopic (exact) mass is 389 g/mol. The zero-order chi connectivity index (χ0) is 19.7. The lowest BCUT2D eigenvalue weighted by atomic mass is 9.88. The fourth-order valence-corrected chi connectivity index (χ4v) is 4.85. The minimum Gasteiger partial charge on any atom is -0.454 e. The van der Waals surface area contributed by atoms with Crippen LogP contribution in [0.4, 0.5) is 4.79 Å². The molecule has 0 bridgehead atoms. The van der Waals surface area contributed by atoms with E-state index >= 15 is 0 Å². The number of aromatic amines is 1. The van der Waals surface area contributed by atoms with Crippen molar-refractivity contribution in [3.63, 3.8) is 0 Å². The van der Waals surface area contributed by atoms with Crippen LogP contribution in [0.15, 0.2) is 42.5 Å². The molecule has 3 aromatic rings. The van der Waals surface area contributed by atoms with Gasteiger partial charge < -0.3 is 14.5 Å². The van der Waals surface area contributed by atoms with Gasteiger partial charge in [-0.25, -0.2) is 4.79 Å². The number of aromatic nitrogens is 1. The van der Waals surface area contributed by atoms with Crippen LogP contribution in [0.5, 0.6) is 11.5 Å². The second-order valence-corrected chi connectivity index (χ2v) is 7.57. The van der Waals surface area contributed by atoms with Crippen molar-refractivity contribution in [1.82, 2.24) is 14.8 Å². The molecular weight excluding hydrogens is 370 g/mol. The number of imide groups is 1. The largest absolute Gasteiger partial charge is 0.454 e. The molecule has 0 spiro atoms. The summed E-state index contributed by atoms with van der Waals surface area (Å²) in [6, 6.07) is 12.7. The normalized spacial score (nSPS) is 22.4. The van der Waals surface area contributed by atoms with Crippen molar-refractivity contribution < 1.29 is 19.1 Å². The predicted molar refractivity (Wildman–Crippen MR) is 105 cm³/mol. The number of urea groups is 1. The van der Waals surface area contributed by atoms with Gasteiger partial charge in [0.1, 0.15) is 12.1 Å². The van der Waals surface area contributed by atoms with Gasteiger partial charge in [-0.2, -0.15) is 0 Å². The van der Waals surface area contributed by atoms with E-state index in [1.807, 2.05) is 43.3 Å².